The Labute approximate surface area is 88.9 Å². The number of anilines is 1. The van der Waals surface area contributed by atoms with Crippen molar-refractivity contribution in [2.45, 2.75) is 6.92 Å². The van der Waals surface area contributed by atoms with Gasteiger partial charge < -0.3 is 10.4 Å². The van der Waals surface area contributed by atoms with Crippen LogP contribution in [0.4, 0.5) is 5.69 Å². The molecule has 0 saturated carbocycles. The lowest BCUT2D eigenvalue weighted by atomic mass is 10.2. The summed E-state index contributed by atoms with van der Waals surface area (Å²) < 4.78 is 0.982. The molecular weight excluding hydrogens is 254 g/mol. The SMILES string of the molecule is CC(CNc1cscc1Br)C(=O)O. The van der Waals surface area contributed by atoms with Gasteiger partial charge in [-0.15, -0.1) is 11.3 Å². The van der Waals surface area contributed by atoms with Crippen LogP contribution < -0.4 is 5.32 Å². The van der Waals surface area contributed by atoms with Gasteiger partial charge in [0.1, 0.15) is 0 Å². The van der Waals surface area contributed by atoms with Gasteiger partial charge in [-0.05, 0) is 15.9 Å². The first-order valence-corrected chi connectivity index (χ1v) is 5.53. The second kappa shape index (κ2) is 4.62. The maximum absolute atomic E-state index is 10.5. The van der Waals surface area contributed by atoms with Crippen molar-refractivity contribution in [3.8, 4) is 0 Å². The Balaban J connectivity index is 2.44. The maximum atomic E-state index is 10.5. The van der Waals surface area contributed by atoms with E-state index in [1.54, 1.807) is 18.3 Å². The van der Waals surface area contributed by atoms with Crippen molar-refractivity contribution in [3.05, 3.63) is 15.2 Å². The summed E-state index contributed by atoms with van der Waals surface area (Å²) in [7, 11) is 0. The molecule has 1 aromatic rings. The lowest BCUT2D eigenvalue weighted by Crippen LogP contribution is -2.19. The number of hydrogen-bond acceptors (Lipinski definition) is 3. The van der Waals surface area contributed by atoms with Crippen LogP contribution in [0.15, 0.2) is 15.2 Å². The molecule has 0 spiro atoms. The summed E-state index contributed by atoms with van der Waals surface area (Å²) in [6.45, 7) is 2.13. The van der Waals surface area contributed by atoms with Gasteiger partial charge in [-0.25, -0.2) is 0 Å². The van der Waals surface area contributed by atoms with Gasteiger partial charge in [-0.3, -0.25) is 4.79 Å². The van der Waals surface area contributed by atoms with Crippen molar-refractivity contribution in [2.75, 3.05) is 11.9 Å². The van der Waals surface area contributed by atoms with Crippen LogP contribution in [0.25, 0.3) is 0 Å². The third-order valence-electron chi connectivity index (χ3n) is 1.63. The number of carboxylic acids is 1. The number of hydrogen-bond donors (Lipinski definition) is 2. The van der Waals surface area contributed by atoms with Crippen molar-refractivity contribution in [1.29, 1.82) is 0 Å². The summed E-state index contributed by atoms with van der Waals surface area (Å²) in [6.07, 6.45) is 0. The molecule has 0 amide bonds. The second-order valence-corrected chi connectivity index (χ2v) is 4.35. The molecule has 0 aliphatic rings. The molecule has 0 radical (unpaired) electrons. The Kier molecular flexibility index (Phi) is 3.74. The molecule has 1 heterocycles. The maximum Gasteiger partial charge on any atom is 0.308 e. The Hall–Kier alpha value is -0.550. The normalized spacial score (nSPS) is 12.5. The summed E-state index contributed by atoms with van der Waals surface area (Å²) in [5.74, 6) is -1.15. The zero-order valence-corrected chi connectivity index (χ0v) is 9.48. The van der Waals surface area contributed by atoms with Gasteiger partial charge in [0.05, 0.1) is 16.1 Å². The average Bonchev–Trinajstić information content (AvgIpc) is 2.47. The predicted octanol–water partition coefficient (Wildman–Crippen LogP) is 2.64. The Morgan fingerprint density at radius 2 is 2.46 bits per heavy atom. The molecule has 5 heteroatoms. The third-order valence-corrected chi connectivity index (χ3v) is 3.34. The summed E-state index contributed by atoms with van der Waals surface area (Å²) in [6, 6.07) is 0. The van der Waals surface area contributed by atoms with Crippen LogP contribution in [0, 0.1) is 5.92 Å². The van der Waals surface area contributed by atoms with E-state index in [1.807, 2.05) is 10.8 Å². The summed E-state index contributed by atoms with van der Waals surface area (Å²) in [5.41, 5.74) is 0.957. The minimum atomic E-state index is -0.779. The quantitative estimate of drug-likeness (QED) is 0.878. The molecule has 0 saturated heterocycles. The highest BCUT2D eigenvalue weighted by molar-refractivity contribution is 9.10. The van der Waals surface area contributed by atoms with E-state index in [1.165, 1.54) is 0 Å². The molecule has 0 aliphatic heterocycles. The Bertz CT molecular complexity index is 300. The first-order valence-electron chi connectivity index (χ1n) is 3.79. The number of aliphatic carboxylic acids is 1. The summed E-state index contributed by atoms with van der Waals surface area (Å²) in [5, 5.41) is 15.6. The fourth-order valence-electron chi connectivity index (χ4n) is 0.758. The number of thiophene rings is 1. The van der Waals surface area contributed by atoms with Crippen LogP contribution in [-0.4, -0.2) is 17.6 Å². The van der Waals surface area contributed by atoms with Gasteiger partial charge >= 0.3 is 5.97 Å². The zero-order valence-electron chi connectivity index (χ0n) is 7.08. The first kappa shape index (κ1) is 10.5. The van der Waals surface area contributed by atoms with Crippen LogP contribution in [0.5, 0.6) is 0 Å². The molecule has 13 heavy (non-hydrogen) atoms. The number of rotatable bonds is 4. The van der Waals surface area contributed by atoms with Crippen LogP contribution in [-0.2, 0) is 4.79 Å². The molecule has 72 valence electrons. The van der Waals surface area contributed by atoms with Crippen LogP contribution in [0.1, 0.15) is 6.92 Å². The van der Waals surface area contributed by atoms with E-state index in [4.69, 9.17) is 5.11 Å². The van der Waals surface area contributed by atoms with E-state index in [9.17, 15) is 4.79 Å². The van der Waals surface area contributed by atoms with Crippen LogP contribution >= 0.6 is 27.3 Å². The van der Waals surface area contributed by atoms with Gasteiger partial charge in [0.25, 0.3) is 0 Å². The molecule has 1 aromatic heterocycles. The minimum Gasteiger partial charge on any atom is -0.481 e. The highest BCUT2D eigenvalue weighted by Crippen LogP contribution is 2.26. The molecule has 0 fully saturated rings. The predicted molar refractivity (Wildman–Crippen MR) is 57.3 cm³/mol. The first-order chi connectivity index (χ1) is 6.11. The van der Waals surface area contributed by atoms with Crippen molar-refractivity contribution in [2.24, 2.45) is 5.92 Å². The Morgan fingerprint density at radius 3 is 2.92 bits per heavy atom. The largest absolute Gasteiger partial charge is 0.481 e. The number of carbonyl (C=O) groups is 1. The molecule has 1 atom stereocenters. The smallest absolute Gasteiger partial charge is 0.308 e. The van der Waals surface area contributed by atoms with Gasteiger partial charge in [-0.2, -0.15) is 0 Å². The highest BCUT2D eigenvalue weighted by Gasteiger charge is 2.10. The number of carboxylic acid groups (broad SMARTS) is 1. The lowest BCUT2D eigenvalue weighted by Gasteiger charge is -2.08. The van der Waals surface area contributed by atoms with E-state index in [2.05, 4.69) is 21.2 Å². The topological polar surface area (TPSA) is 49.3 Å². The van der Waals surface area contributed by atoms with Gasteiger partial charge in [0.2, 0.25) is 0 Å². The standard InChI is InChI=1S/C8H10BrNO2S/c1-5(8(11)12)2-10-7-4-13-3-6(7)9/h3-5,10H,2H2,1H3,(H,11,12). The third kappa shape index (κ3) is 3.00. The van der Waals surface area contributed by atoms with Gasteiger partial charge in [-0.1, -0.05) is 6.92 Å². The molecule has 0 bridgehead atoms. The second-order valence-electron chi connectivity index (χ2n) is 2.75. The molecular formula is C8H10BrNO2S. The van der Waals surface area contributed by atoms with E-state index in [0.717, 1.165) is 10.2 Å². The Morgan fingerprint density at radius 1 is 1.77 bits per heavy atom. The number of halogens is 1. The monoisotopic (exact) mass is 263 g/mol. The lowest BCUT2D eigenvalue weighted by molar-refractivity contribution is -0.140. The summed E-state index contributed by atoms with van der Waals surface area (Å²) in [4.78, 5) is 10.5. The molecule has 1 rings (SSSR count). The summed E-state index contributed by atoms with van der Waals surface area (Å²) >= 11 is 4.92. The fraction of sp³-hybridized carbons (Fsp3) is 0.375. The van der Waals surface area contributed by atoms with E-state index in [-0.39, 0.29) is 5.92 Å². The minimum absolute atomic E-state index is 0.369. The van der Waals surface area contributed by atoms with Crippen molar-refractivity contribution in [3.63, 3.8) is 0 Å². The highest BCUT2D eigenvalue weighted by atomic mass is 79.9. The van der Waals surface area contributed by atoms with Crippen LogP contribution in [0.2, 0.25) is 0 Å². The molecule has 1 unspecified atom stereocenters. The molecule has 0 aliphatic carbocycles. The van der Waals surface area contributed by atoms with Crippen molar-refractivity contribution in [1.82, 2.24) is 0 Å². The number of nitrogens with one attached hydrogen (secondary N) is 1. The van der Waals surface area contributed by atoms with Crippen molar-refractivity contribution >= 4 is 38.9 Å². The van der Waals surface area contributed by atoms with Gasteiger partial charge in [0.15, 0.2) is 0 Å². The van der Waals surface area contributed by atoms with Gasteiger partial charge in [0, 0.05) is 17.3 Å². The zero-order chi connectivity index (χ0) is 9.84. The fourth-order valence-corrected chi connectivity index (χ4v) is 2.15. The molecule has 2 N–H and O–H groups in total. The van der Waals surface area contributed by atoms with E-state index in [0.29, 0.717) is 6.54 Å². The van der Waals surface area contributed by atoms with E-state index >= 15 is 0 Å². The van der Waals surface area contributed by atoms with Crippen LogP contribution in [0.3, 0.4) is 0 Å². The van der Waals surface area contributed by atoms with Crippen molar-refractivity contribution < 1.29 is 9.90 Å². The molecule has 3 nitrogen and oxygen atoms in total. The average molecular weight is 264 g/mol. The van der Waals surface area contributed by atoms with E-state index < -0.39 is 5.97 Å². The molecule has 0 aromatic carbocycles.